The van der Waals surface area contributed by atoms with E-state index in [-0.39, 0.29) is 24.2 Å². The highest BCUT2D eigenvalue weighted by Gasteiger charge is 2.38. The average Bonchev–Trinajstić information content (AvgIpc) is 3.35. The number of hydrogen-bond donors (Lipinski definition) is 2. The molecule has 3 saturated heterocycles. The van der Waals surface area contributed by atoms with Crippen LogP contribution >= 0.6 is 0 Å². The number of hydrogen-bond acceptors (Lipinski definition) is 4. The topological polar surface area (TPSA) is 81.3 Å². The summed E-state index contributed by atoms with van der Waals surface area (Å²) in [6.45, 7) is 3.55. The van der Waals surface area contributed by atoms with Crippen LogP contribution in [0.1, 0.15) is 38.5 Å². The number of carbonyl (C=O) groups excluding carboxylic acids is 2. The molecular weight excluding hydrogens is 366 g/mol. The summed E-state index contributed by atoms with van der Waals surface area (Å²) in [5, 5.41) is 11.4. The molecule has 0 saturated carbocycles. The van der Waals surface area contributed by atoms with Gasteiger partial charge >= 0.3 is 0 Å². The van der Waals surface area contributed by atoms with E-state index in [1.165, 1.54) is 45.2 Å². The van der Waals surface area contributed by atoms with Crippen molar-refractivity contribution in [1.29, 1.82) is 0 Å². The number of piperidine rings is 2. The number of nitrogens with one attached hydrogen (secondary N) is 2. The number of fused-ring (bicyclic) bond motifs is 2. The van der Waals surface area contributed by atoms with E-state index in [0.717, 1.165) is 17.4 Å². The second kappa shape index (κ2) is 7.78. The van der Waals surface area contributed by atoms with E-state index in [2.05, 4.69) is 20.4 Å². The van der Waals surface area contributed by atoms with Crippen LogP contribution < -0.4 is 10.2 Å². The summed E-state index contributed by atoms with van der Waals surface area (Å²) in [6.07, 6.45) is 6.53. The van der Waals surface area contributed by atoms with Crippen molar-refractivity contribution >= 4 is 28.5 Å². The molecule has 0 spiro atoms. The quantitative estimate of drug-likeness (QED) is 0.832. The predicted octanol–water partition coefficient (Wildman–Crippen LogP) is 2.30. The number of carbonyl (C=O) groups is 2. The van der Waals surface area contributed by atoms with Gasteiger partial charge in [0.25, 0.3) is 0 Å². The van der Waals surface area contributed by atoms with E-state index >= 15 is 0 Å². The zero-order valence-corrected chi connectivity index (χ0v) is 16.8. The number of H-pyrrole nitrogens is 1. The fourth-order valence-electron chi connectivity index (χ4n) is 5.43. The Labute approximate surface area is 170 Å². The molecule has 0 aliphatic carbocycles. The summed E-state index contributed by atoms with van der Waals surface area (Å²) >= 11 is 0. The number of amides is 2. The lowest BCUT2D eigenvalue weighted by Gasteiger charge is -2.44. The third-order valence-corrected chi connectivity index (χ3v) is 6.97. The highest BCUT2D eigenvalue weighted by molar-refractivity contribution is 6.05. The zero-order valence-electron chi connectivity index (χ0n) is 16.8. The van der Waals surface area contributed by atoms with Crippen LogP contribution in [0.5, 0.6) is 0 Å². The highest BCUT2D eigenvalue weighted by atomic mass is 16.2. The number of rotatable bonds is 4. The molecule has 0 radical (unpaired) electrons. The average molecular weight is 396 g/mol. The molecule has 5 rings (SSSR count). The molecule has 0 bridgehead atoms. The molecule has 154 valence electrons. The minimum atomic E-state index is -0.302. The summed E-state index contributed by atoms with van der Waals surface area (Å²) in [5.74, 6) is 0.846. The Bertz CT molecular complexity index is 907. The van der Waals surface area contributed by atoms with Crippen LogP contribution in [0.2, 0.25) is 0 Å². The van der Waals surface area contributed by atoms with E-state index in [4.69, 9.17) is 0 Å². The fraction of sp³-hybridized carbons (Fsp3) is 0.591. The molecule has 1 aromatic heterocycles. The van der Waals surface area contributed by atoms with Crippen LogP contribution in [0, 0.1) is 11.8 Å². The molecule has 7 heteroatoms. The minimum absolute atomic E-state index is 0.00799. The maximum atomic E-state index is 12.8. The number of aromatic amines is 1. The molecule has 3 aliphatic rings. The maximum Gasteiger partial charge on any atom is 0.229 e. The Hall–Kier alpha value is -2.41. The van der Waals surface area contributed by atoms with Crippen molar-refractivity contribution in [2.45, 2.75) is 44.6 Å². The van der Waals surface area contributed by atoms with E-state index < -0.39 is 0 Å². The lowest BCUT2D eigenvalue weighted by molar-refractivity contribution is -0.126. The van der Waals surface area contributed by atoms with E-state index in [0.29, 0.717) is 24.3 Å². The molecule has 7 nitrogen and oxygen atoms in total. The number of aromatic nitrogens is 2. The molecule has 2 amide bonds. The van der Waals surface area contributed by atoms with Gasteiger partial charge in [-0.2, -0.15) is 5.10 Å². The van der Waals surface area contributed by atoms with Crippen molar-refractivity contribution in [3.63, 3.8) is 0 Å². The van der Waals surface area contributed by atoms with Crippen molar-refractivity contribution < 1.29 is 9.59 Å². The number of nitrogens with zero attached hydrogens (tertiary/aromatic N) is 3. The smallest absolute Gasteiger partial charge is 0.229 e. The molecular formula is C22H29N5O2. The van der Waals surface area contributed by atoms with Crippen molar-refractivity contribution in [3.8, 4) is 0 Å². The largest absolute Gasteiger partial charge is 0.355 e. The highest BCUT2D eigenvalue weighted by Crippen LogP contribution is 2.32. The molecule has 2 aromatic rings. The number of benzene rings is 1. The van der Waals surface area contributed by atoms with Gasteiger partial charge in [0.05, 0.1) is 11.4 Å². The molecule has 4 heterocycles. The number of anilines is 1. The van der Waals surface area contributed by atoms with Gasteiger partial charge in [0.15, 0.2) is 5.82 Å². The van der Waals surface area contributed by atoms with Crippen LogP contribution in [-0.2, 0) is 9.59 Å². The Morgan fingerprint density at radius 2 is 2.03 bits per heavy atom. The Morgan fingerprint density at radius 3 is 2.97 bits per heavy atom. The van der Waals surface area contributed by atoms with Gasteiger partial charge in [-0.1, -0.05) is 18.6 Å². The second-order valence-corrected chi connectivity index (χ2v) is 8.74. The molecule has 0 unspecified atom stereocenters. The Kier molecular flexibility index (Phi) is 4.99. The van der Waals surface area contributed by atoms with Crippen LogP contribution in [0.3, 0.4) is 0 Å². The van der Waals surface area contributed by atoms with Crippen molar-refractivity contribution in [2.24, 2.45) is 11.8 Å². The summed E-state index contributed by atoms with van der Waals surface area (Å²) < 4.78 is 0. The van der Waals surface area contributed by atoms with Crippen molar-refractivity contribution in [3.05, 3.63) is 24.3 Å². The summed E-state index contributed by atoms with van der Waals surface area (Å²) in [4.78, 5) is 29.7. The third-order valence-electron chi connectivity index (χ3n) is 6.97. The fourth-order valence-corrected chi connectivity index (χ4v) is 5.43. The lowest BCUT2D eigenvalue weighted by Crippen LogP contribution is -2.51. The van der Waals surface area contributed by atoms with E-state index in [1.807, 2.05) is 24.3 Å². The first-order chi connectivity index (χ1) is 14.2. The maximum absolute atomic E-state index is 12.8. The first-order valence-electron chi connectivity index (χ1n) is 11.0. The van der Waals surface area contributed by atoms with Gasteiger partial charge in [0, 0.05) is 30.9 Å². The van der Waals surface area contributed by atoms with Gasteiger partial charge < -0.3 is 10.2 Å². The molecule has 3 aliphatic heterocycles. The van der Waals surface area contributed by atoms with Crippen LogP contribution in [-0.4, -0.2) is 59.1 Å². The van der Waals surface area contributed by atoms with Crippen LogP contribution in [0.15, 0.2) is 24.3 Å². The van der Waals surface area contributed by atoms with Crippen LogP contribution in [0.25, 0.3) is 10.9 Å². The summed E-state index contributed by atoms with van der Waals surface area (Å²) in [5.41, 5.74) is 0.900. The number of para-hydroxylation sites is 1. The van der Waals surface area contributed by atoms with Gasteiger partial charge in [-0.05, 0) is 56.8 Å². The first-order valence-corrected chi connectivity index (χ1v) is 11.0. The van der Waals surface area contributed by atoms with Gasteiger partial charge in [0.2, 0.25) is 11.8 Å². The molecule has 29 heavy (non-hydrogen) atoms. The summed E-state index contributed by atoms with van der Waals surface area (Å²) in [6, 6.07) is 8.38. The van der Waals surface area contributed by atoms with E-state index in [1.54, 1.807) is 4.90 Å². The third kappa shape index (κ3) is 3.52. The van der Waals surface area contributed by atoms with Crippen LogP contribution in [0.4, 0.5) is 5.82 Å². The van der Waals surface area contributed by atoms with Gasteiger partial charge in [-0.3, -0.25) is 19.6 Å². The zero-order chi connectivity index (χ0) is 19.8. The monoisotopic (exact) mass is 395 g/mol. The molecule has 2 N–H and O–H groups in total. The standard InChI is InChI=1S/C22H29N5O2/c28-20-12-16(14-27(20)21-17-7-1-2-8-18(17)24-25-21)22(29)23-13-15-6-5-11-26-10-4-3-9-19(15)26/h1-2,7-8,15-16,19H,3-6,9-14H2,(H,23,29)(H,24,25)/t15-,16-,19-/m0/s1. The van der Waals surface area contributed by atoms with Crippen molar-refractivity contribution in [1.82, 2.24) is 20.4 Å². The SMILES string of the molecule is O=C(NC[C@@H]1CCCN2CCCC[C@@H]12)[C@H]1CC(=O)N(c2n[nH]c3ccccc23)C1. The predicted molar refractivity (Wildman–Crippen MR) is 111 cm³/mol. The van der Waals surface area contributed by atoms with E-state index in [9.17, 15) is 9.59 Å². The first kappa shape index (κ1) is 18.6. The van der Waals surface area contributed by atoms with Gasteiger partial charge in [0.1, 0.15) is 0 Å². The Morgan fingerprint density at radius 1 is 1.17 bits per heavy atom. The molecule has 1 aromatic carbocycles. The Balaban J connectivity index is 1.21. The minimum Gasteiger partial charge on any atom is -0.355 e. The second-order valence-electron chi connectivity index (χ2n) is 8.74. The summed E-state index contributed by atoms with van der Waals surface area (Å²) in [7, 11) is 0. The van der Waals surface area contributed by atoms with Gasteiger partial charge in [-0.15, -0.1) is 0 Å². The van der Waals surface area contributed by atoms with Gasteiger partial charge in [-0.25, -0.2) is 0 Å². The van der Waals surface area contributed by atoms with Crippen molar-refractivity contribution in [2.75, 3.05) is 31.1 Å². The molecule has 3 atom stereocenters. The lowest BCUT2D eigenvalue weighted by atomic mass is 9.83. The molecule has 3 fully saturated rings. The normalized spacial score (nSPS) is 27.9.